The molecule has 0 radical (unpaired) electrons. The molecule has 1 aliphatic rings. The highest BCUT2D eigenvalue weighted by atomic mass is 16.3. The summed E-state index contributed by atoms with van der Waals surface area (Å²) in [6.45, 7) is 1.13. The van der Waals surface area contributed by atoms with Gasteiger partial charge in [-0.25, -0.2) is 0 Å². The normalized spacial score (nSPS) is 16.1. The van der Waals surface area contributed by atoms with E-state index < -0.39 is 0 Å². The topological polar surface area (TPSA) is 66.6 Å². The molecule has 2 rings (SSSR count). The van der Waals surface area contributed by atoms with Crippen molar-refractivity contribution >= 4 is 5.91 Å². The minimum atomic E-state index is 0.118. The molecule has 20 heavy (non-hydrogen) atoms. The smallest absolute Gasteiger partial charge is 0.227 e. The second-order valence-corrected chi connectivity index (χ2v) is 5.51. The minimum absolute atomic E-state index is 0.118. The van der Waals surface area contributed by atoms with Gasteiger partial charge >= 0.3 is 0 Å². The van der Waals surface area contributed by atoms with E-state index in [0.29, 0.717) is 25.6 Å². The maximum Gasteiger partial charge on any atom is 0.227 e. The number of hydrogen-bond donors (Lipinski definition) is 2. The van der Waals surface area contributed by atoms with Crippen LogP contribution in [0.1, 0.15) is 37.7 Å². The quantitative estimate of drug-likeness (QED) is 0.865. The molecule has 4 heteroatoms. The Hall–Kier alpha value is -1.55. The Balaban J connectivity index is 2.02. The van der Waals surface area contributed by atoms with E-state index in [1.807, 2.05) is 11.0 Å². The Bertz CT molecular complexity index is 442. The monoisotopic (exact) mass is 276 g/mol. The van der Waals surface area contributed by atoms with Gasteiger partial charge in [-0.15, -0.1) is 0 Å². The first-order valence-electron chi connectivity index (χ1n) is 7.48. The van der Waals surface area contributed by atoms with E-state index in [1.165, 1.54) is 19.3 Å². The van der Waals surface area contributed by atoms with Crippen LogP contribution in [0, 0.1) is 0 Å². The molecule has 0 saturated heterocycles. The van der Waals surface area contributed by atoms with Crippen molar-refractivity contribution in [1.29, 1.82) is 0 Å². The fraction of sp³-hybridized carbons (Fsp3) is 0.562. The highest BCUT2D eigenvalue weighted by Crippen LogP contribution is 2.23. The Morgan fingerprint density at radius 3 is 2.70 bits per heavy atom. The summed E-state index contributed by atoms with van der Waals surface area (Å²) in [5.74, 6) is 0.325. The van der Waals surface area contributed by atoms with Gasteiger partial charge in [0.15, 0.2) is 0 Å². The standard InChI is InChI=1S/C16H24N2O2/c17-9-10-18(14-6-2-1-3-7-14)16(20)12-13-5-4-8-15(19)11-13/h4-5,8,11,14,19H,1-3,6-7,9-10,12,17H2. The SMILES string of the molecule is NCCN(C(=O)Cc1cccc(O)c1)C1CCCCC1. The van der Waals surface area contributed by atoms with Crippen molar-refractivity contribution in [3.63, 3.8) is 0 Å². The third-order valence-corrected chi connectivity index (χ3v) is 3.97. The van der Waals surface area contributed by atoms with Crippen LogP contribution in [0.4, 0.5) is 0 Å². The first-order chi connectivity index (χ1) is 9.70. The maximum atomic E-state index is 12.5. The van der Waals surface area contributed by atoms with E-state index in [9.17, 15) is 9.90 Å². The van der Waals surface area contributed by atoms with Crippen LogP contribution < -0.4 is 5.73 Å². The number of phenols is 1. The Morgan fingerprint density at radius 2 is 2.05 bits per heavy atom. The molecule has 1 saturated carbocycles. The number of aromatic hydroxyl groups is 1. The van der Waals surface area contributed by atoms with Gasteiger partial charge < -0.3 is 15.7 Å². The first-order valence-corrected chi connectivity index (χ1v) is 7.48. The number of nitrogens with zero attached hydrogens (tertiary/aromatic N) is 1. The summed E-state index contributed by atoms with van der Waals surface area (Å²) in [7, 11) is 0. The molecular weight excluding hydrogens is 252 g/mol. The van der Waals surface area contributed by atoms with E-state index >= 15 is 0 Å². The number of rotatable bonds is 5. The minimum Gasteiger partial charge on any atom is -0.508 e. The molecule has 0 aliphatic heterocycles. The van der Waals surface area contributed by atoms with Crippen LogP contribution in [-0.2, 0) is 11.2 Å². The average Bonchev–Trinajstić information content (AvgIpc) is 2.45. The molecule has 0 bridgehead atoms. The Morgan fingerprint density at radius 1 is 1.30 bits per heavy atom. The van der Waals surface area contributed by atoms with Gasteiger partial charge in [0.2, 0.25) is 5.91 Å². The van der Waals surface area contributed by atoms with Crippen LogP contribution in [0.2, 0.25) is 0 Å². The Labute approximate surface area is 120 Å². The van der Waals surface area contributed by atoms with E-state index in [4.69, 9.17) is 5.73 Å². The van der Waals surface area contributed by atoms with Crippen molar-refractivity contribution in [2.45, 2.75) is 44.6 Å². The molecule has 1 aromatic rings. The lowest BCUT2D eigenvalue weighted by molar-refractivity contribution is -0.133. The van der Waals surface area contributed by atoms with Crippen LogP contribution in [0.5, 0.6) is 5.75 Å². The highest BCUT2D eigenvalue weighted by molar-refractivity contribution is 5.79. The van der Waals surface area contributed by atoms with Crippen molar-refractivity contribution in [2.75, 3.05) is 13.1 Å². The number of amides is 1. The van der Waals surface area contributed by atoms with Crippen molar-refractivity contribution in [2.24, 2.45) is 5.73 Å². The van der Waals surface area contributed by atoms with E-state index in [-0.39, 0.29) is 11.7 Å². The Kier molecular flexibility index (Phi) is 5.41. The lowest BCUT2D eigenvalue weighted by atomic mass is 9.93. The fourth-order valence-electron chi connectivity index (χ4n) is 2.99. The molecule has 1 aliphatic carbocycles. The van der Waals surface area contributed by atoms with E-state index in [0.717, 1.165) is 18.4 Å². The summed E-state index contributed by atoms with van der Waals surface area (Å²) >= 11 is 0. The van der Waals surface area contributed by atoms with Gasteiger partial charge in [-0.1, -0.05) is 31.4 Å². The van der Waals surface area contributed by atoms with Gasteiger partial charge in [0.25, 0.3) is 0 Å². The second kappa shape index (κ2) is 7.29. The van der Waals surface area contributed by atoms with Gasteiger partial charge in [0.1, 0.15) is 5.75 Å². The van der Waals surface area contributed by atoms with Gasteiger partial charge in [0, 0.05) is 19.1 Å². The summed E-state index contributed by atoms with van der Waals surface area (Å²) in [5, 5.41) is 9.47. The van der Waals surface area contributed by atoms with E-state index in [1.54, 1.807) is 18.2 Å². The highest BCUT2D eigenvalue weighted by Gasteiger charge is 2.24. The maximum absolute atomic E-state index is 12.5. The van der Waals surface area contributed by atoms with Crippen LogP contribution in [0.15, 0.2) is 24.3 Å². The summed E-state index contributed by atoms with van der Waals surface area (Å²) in [4.78, 5) is 14.4. The first kappa shape index (κ1) is 14.9. The molecule has 110 valence electrons. The second-order valence-electron chi connectivity index (χ2n) is 5.51. The lowest BCUT2D eigenvalue weighted by Gasteiger charge is -2.34. The van der Waals surface area contributed by atoms with Crippen molar-refractivity contribution in [3.05, 3.63) is 29.8 Å². The van der Waals surface area contributed by atoms with Crippen molar-refractivity contribution in [3.8, 4) is 5.75 Å². The number of nitrogens with two attached hydrogens (primary N) is 1. The van der Waals surface area contributed by atoms with Crippen LogP contribution >= 0.6 is 0 Å². The summed E-state index contributed by atoms with van der Waals surface area (Å²) in [6, 6.07) is 7.26. The summed E-state index contributed by atoms with van der Waals surface area (Å²) in [6.07, 6.45) is 6.19. The molecule has 0 spiro atoms. The molecule has 0 unspecified atom stereocenters. The van der Waals surface area contributed by atoms with Gasteiger partial charge in [-0.2, -0.15) is 0 Å². The number of phenolic OH excluding ortho intramolecular Hbond substituents is 1. The molecule has 0 aromatic heterocycles. The molecule has 0 heterocycles. The van der Waals surface area contributed by atoms with Crippen LogP contribution in [0.3, 0.4) is 0 Å². The summed E-state index contributed by atoms with van der Waals surface area (Å²) in [5.41, 5.74) is 6.51. The molecular formula is C16H24N2O2. The molecule has 1 amide bonds. The van der Waals surface area contributed by atoms with Crippen molar-refractivity contribution in [1.82, 2.24) is 4.90 Å². The third-order valence-electron chi connectivity index (χ3n) is 3.97. The van der Waals surface area contributed by atoms with Crippen LogP contribution in [-0.4, -0.2) is 35.0 Å². The molecule has 1 aromatic carbocycles. The summed E-state index contributed by atoms with van der Waals surface area (Å²) < 4.78 is 0. The lowest BCUT2D eigenvalue weighted by Crippen LogP contribution is -2.44. The van der Waals surface area contributed by atoms with Crippen LogP contribution in [0.25, 0.3) is 0 Å². The predicted molar refractivity (Wildman–Crippen MR) is 79.5 cm³/mol. The zero-order valence-electron chi connectivity index (χ0n) is 11.9. The van der Waals surface area contributed by atoms with E-state index in [2.05, 4.69) is 0 Å². The van der Waals surface area contributed by atoms with Gasteiger partial charge in [-0.3, -0.25) is 4.79 Å². The number of carbonyl (C=O) groups is 1. The van der Waals surface area contributed by atoms with Crippen molar-refractivity contribution < 1.29 is 9.90 Å². The fourth-order valence-corrected chi connectivity index (χ4v) is 2.99. The van der Waals surface area contributed by atoms with Gasteiger partial charge in [0.05, 0.1) is 6.42 Å². The third kappa shape index (κ3) is 3.97. The zero-order chi connectivity index (χ0) is 14.4. The molecule has 3 N–H and O–H groups in total. The molecule has 0 atom stereocenters. The number of benzene rings is 1. The largest absolute Gasteiger partial charge is 0.508 e. The van der Waals surface area contributed by atoms with Gasteiger partial charge in [-0.05, 0) is 30.5 Å². The zero-order valence-corrected chi connectivity index (χ0v) is 11.9. The average molecular weight is 276 g/mol. The predicted octanol–water partition coefficient (Wildman–Crippen LogP) is 2.05. The molecule has 4 nitrogen and oxygen atoms in total. The number of carbonyl (C=O) groups excluding carboxylic acids is 1. The molecule has 1 fully saturated rings. The number of hydrogen-bond acceptors (Lipinski definition) is 3.